The fraction of sp³-hybridized carbons (Fsp3) is 0.917. The number of carbonyl (C=O) groups excluding carboxylic acids is 1. The van der Waals surface area contributed by atoms with E-state index in [1.165, 1.54) is 0 Å². The van der Waals surface area contributed by atoms with Gasteiger partial charge in [-0.3, -0.25) is 9.69 Å². The van der Waals surface area contributed by atoms with E-state index in [9.17, 15) is 4.79 Å². The van der Waals surface area contributed by atoms with Gasteiger partial charge in [-0.15, -0.1) is 0 Å². The molecule has 1 rings (SSSR count). The maximum absolute atomic E-state index is 12.4. The molecule has 0 spiro atoms. The van der Waals surface area contributed by atoms with Crippen molar-refractivity contribution in [1.82, 2.24) is 15.1 Å². The lowest BCUT2D eigenvalue weighted by Crippen LogP contribution is -2.59. The molecule has 1 aliphatic heterocycles. The van der Waals surface area contributed by atoms with Crippen molar-refractivity contribution in [2.45, 2.75) is 39.3 Å². The monoisotopic (exact) mass is 227 g/mol. The average molecular weight is 227 g/mol. The molecular formula is C12H25N3O. The number of piperazine rings is 1. The molecule has 1 amide bonds. The van der Waals surface area contributed by atoms with Crippen LogP contribution in [0.4, 0.5) is 0 Å². The van der Waals surface area contributed by atoms with E-state index in [0.29, 0.717) is 6.04 Å². The summed E-state index contributed by atoms with van der Waals surface area (Å²) in [6, 6.07) is 0.377. The highest BCUT2D eigenvalue weighted by molar-refractivity contribution is 5.85. The molecule has 0 radical (unpaired) electrons. The number of nitrogens with zero attached hydrogens (tertiary/aromatic N) is 2. The summed E-state index contributed by atoms with van der Waals surface area (Å²) in [5.74, 6) is 0.241. The molecule has 0 aromatic heterocycles. The molecular weight excluding hydrogens is 202 g/mol. The maximum atomic E-state index is 12.4. The summed E-state index contributed by atoms with van der Waals surface area (Å²) in [5.41, 5.74) is -0.411. The van der Waals surface area contributed by atoms with Crippen LogP contribution >= 0.6 is 0 Å². The molecule has 4 nitrogen and oxygen atoms in total. The van der Waals surface area contributed by atoms with Gasteiger partial charge in [-0.05, 0) is 34.7 Å². The Bertz CT molecular complexity index is 245. The van der Waals surface area contributed by atoms with Gasteiger partial charge in [0, 0.05) is 32.2 Å². The predicted molar refractivity (Wildman–Crippen MR) is 66.4 cm³/mol. The fourth-order valence-corrected chi connectivity index (χ4v) is 2.05. The van der Waals surface area contributed by atoms with Crippen molar-refractivity contribution < 1.29 is 4.79 Å². The highest BCUT2D eigenvalue weighted by Gasteiger charge is 2.37. The Morgan fingerprint density at radius 2 is 1.81 bits per heavy atom. The van der Waals surface area contributed by atoms with E-state index >= 15 is 0 Å². The standard InChI is InChI=1S/C12H25N3O/c1-10(2)14(5)12(3,4)11(16)15-8-6-13-7-9-15/h10,13H,6-9H2,1-5H3. The molecule has 1 fully saturated rings. The molecule has 0 unspecified atom stereocenters. The SMILES string of the molecule is CC(C)N(C)C(C)(C)C(=O)N1CCNCC1. The van der Waals surface area contributed by atoms with Crippen LogP contribution in [0.2, 0.25) is 0 Å². The van der Waals surface area contributed by atoms with Crippen LogP contribution in [0.25, 0.3) is 0 Å². The molecule has 94 valence electrons. The zero-order chi connectivity index (χ0) is 12.3. The van der Waals surface area contributed by atoms with Gasteiger partial charge in [0.25, 0.3) is 0 Å². The maximum Gasteiger partial charge on any atom is 0.242 e. The van der Waals surface area contributed by atoms with E-state index < -0.39 is 5.54 Å². The molecule has 0 saturated carbocycles. The lowest BCUT2D eigenvalue weighted by atomic mass is 9.99. The van der Waals surface area contributed by atoms with Crippen molar-refractivity contribution in [1.29, 1.82) is 0 Å². The van der Waals surface area contributed by atoms with E-state index in [1.807, 2.05) is 25.8 Å². The topological polar surface area (TPSA) is 35.6 Å². The van der Waals surface area contributed by atoms with Gasteiger partial charge in [0.15, 0.2) is 0 Å². The largest absolute Gasteiger partial charge is 0.339 e. The first-order valence-electron chi connectivity index (χ1n) is 6.10. The molecule has 0 aliphatic carbocycles. The highest BCUT2D eigenvalue weighted by atomic mass is 16.2. The summed E-state index contributed by atoms with van der Waals surface area (Å²) < 4.78 is 0. The Morgan fingerprint density at radius 1 is 1.31 bits per heavy atom. The average Bonchev–Trinajstić information content (AvgIpc) is 2.28. The Hall–Kier alpha value is -0.610. The number of carbonyl (C=O) groups is 1. The van der Waals surface area contributed by atoms with Crippen LogP contribution in [-0.2, 0) is 4.79 Å². The Labute approximate surface area is 99.0 Å². The summed E-state index contributed by atoms with van der Waals surface area (Å²) in [6.45, 7) is 11.7. The zero-order valence-electron chi connectivity index (χ0n) is 11.2. The number of nitrogens with one attached hydrogen (secondary N) is 1. The normalized spacial score (nSPS) is 18.3. The van der Waals surface area contributed by atoms with Gasteiger partial charge < -0.3 is 10.2 Å². The van der Waals surface area contributed by atoms with Gasteiger partial charge in [-0.2, -0.15) is 0 Å². The van der Waals surface area contributed by atoms with Crippen molar-refractivity contribution in [2.24, 2.45) is 0 Å². The van der Waals surface area contributed by atoms with Crippen LogP contribution in [0.1, 0.15) is 27.7 Å². The van der Waals surface area contributed by atoms with E-state index in [1.54, 1.807) is 0 Å². The van der Waals surface area contributed by atoms with Gasteiger partial charge in [0.2, 0.25) is 5.91 Å². The fourth-order valence-electron chi connectivity index (χ4n) is 2.05. The molecule has 0 atom stereocenters. The minimum absolute atomic E-state index is 0.241. The van der Waals surface area contributed by atoms with Crippen molar-refractivity contribution in [3.63, 3.8) is 0 Å². The summed E-state index contributed by atoms with van der Waals surface area (Å²) in [6.07, 6.45) is 0. The first kappa shape index (κ1) is 13.5. The molecule has 1 aliphatic rings. The van der Waals surface area contributed by atoms with Gasteiger partial charge in [-0.25, -0.2) is 0 Å². The molecule has 1 saturated heterocycles. The van der Waals surface area contributed by atoms with Crippen LogP contribution in [0.3, 0.4) is 0 Å². The summed E-state index contributed by atoms with van der Waals surface area (Å²) in [5, 5.41) is 3.27. The molecule has 0 aromatic rings. The Balaban J connectivity index is 2.70. The minimum Gasteiger partial charge on any atom is -0.339 e. The van der Waals surface area contributed by atoms with E-state index in [-0.39, 0.29) is 5.91 Å². The van der Waals surface area contributed by atoms with Crippen molar-refractivity contribution in [3.8, 4) is 0 Å². The van der Waals surface area contributed by atoms with Crippen molar-refractivity contribution >= 4 is 5.91 Å². The smallest absolute Gasteiger partial charge is 0.242 e. The predicted octanol–water partition coefficient (Wildman–Crippen LogP) is 0.537. The van der Waals surface area contributed by atoms with Gasteiger partial charge >= 0.3 is 0 Å². The lowest BCUT2D eigenvalue weighted by Gasteiger charge is -2.41. The van der Waals surface area contributed by atoms with E-state index in [0.717, 1.165) is 26.2 Å². The van der Waals surface area contributed by atoms with Crippen LogP contribution in [-0.4, -0.2) is 60.5 Å². The second-order valence-electron chi connectivity index (χ2n) is 5.31. The zero-order valence-corrected chi connectivity index (χ0v) is 11.2. The minimum atomic E-state index is -0.411. The lowest BCUT2D eigenvalue weighted by molar-refractivity contribution is -0.143. The van der Waals surface area contributed by atoms with E-state index in [4.69, 9.17) is 0 Å². The number of rotatable bonds is 3. The second-order valence-corrected chi connectivity index (χ2v) is 5.31. The first-order valence-corrected chi connectivity index (χ1v) is 6.10. The quantitative estimate of drug-likeness (QED) is 0.764. The van der Waals surface area contributed by atoms with Crippen LogP contribution in [0.15, 0.2) is 0 Å². The number of likely N-dealkylation sites (N-methyl/N-ethyl adjacent to an activating group) is 1. The molecule has 0 aromatic carbocycles. The number of hydrogen-bond acceptors (Lipinski definition) is 3. The third kappa shape index (κ3) is 2.74. The summed E-state index contributed by atoms with van der Waals surface area (Å²) in [4.78, 5) is 16.5. The molecule has 1 N–H and O–H groups in total. The summed E-state index contributed by atoms with van der Waals surface area (Å²) in [7, 11) is 2.02. The first-order chi connectivity index (χ1) is 7.37. The van der Waals surface area contributed by atoms with E-state index in [2.05, 4.69) is 24.1 Å². The third-order valence-corrected chi connectivity index (χ3v) is 3.58. The van der Waals surface area contributed by atoms with Crippen molar-refractivity contribution in [3.05, 3.63) is 0 Å². The van der Waals surface area contributed by atoms with Crippen LogP contribution < -0.4 is 5.32 Å². The second kappa shape index (κ2) is 5.15. The third-order valence-electron chi connectivity index (χ3n) is 3.58. The summed E-state index contributed by atoms with van der Waals surface area (Å²) >= 11 is 0. The highest BCUT2D eigenvalue weighted by Crippen LogP contribution is 2.18. The van der Waals surface area contributed by atoms with Crippen molar-refractivity contribution in [2.75, 3.05) is 33.2 Å². The molecule has 1 heterocycles. The Kier molecular flexibility index (Phi) is 4.33. The molecule has 0 bridgehead atoms. The van der Waals surface area contributed by atoms with Gasteiger partial charge in [0.05, 0.1) is 5.54 Å². The number of hydrogen-bond donors (Lipinski definition) is 1. The van der Waals surface area contributed by atoms with Gasteiger partial charge in [0.1, 0.15) is 0 Å². The molecule has 4 heteroatoms. The van der Waals surface area contributed by atoms with Gasteiger partial charge in [-0.1, -0.05) is 0 Å². The Morgan fingerprint density at radius 3 is 2.25 bits per heavy atom. The van der Waals surface area contributed by atoms with Crippen LogP contribution in [0, 0.1) is 0 Å². The molecule has 16 heavy (non-hydrogen) atoms. The number of amides is 1. The van der Waals surface area contributed by atoms with Crippen LogP contribution in [0.5, 0.6) is 0 Å².